The first-order chi connectivity index (χ1) is 7.31. The van der Waals surface area contributed by atoms with Crippen LogP contribution in [-0.4, -0.2) is 29.9 Å². The quantitative estimate of drug-likeness (QED) is 0.717. The van der Waals surface area contributed by atoms with E-state index in [9.17, 15) is 4.79 Å². The number of nitrogens with zero attached hydrogens (tertiary/aromatic N) is 1. The Kier molecular flexibility index (Phi) is 3.11. The molecule has 0 saturated heterocycles. The van der Waals surface area contributed by atoms with Crippen LogP contribution >= 0.6 is 11.8 Å². The smallest absolute Gasteiger partial charge is 0.339 e. The fourth-order valence-corrected chi connectivity index (χ4v) is 2.09. The van der Waals surface area contributed by atoms with E-state index in [0.29, 0.717) is 24.7 Å². The highest BCUT2D eigenvalue weighted by molar-refractivity contribution is 7.99. The van der Waals surface area contributed by atoms with Crippen LogP contribution in [0.3, 0.4) is 0 Å². The lowest BCUT2D eigenvalue weighted by Crippen LogP contribution is -2.11. The van der Waals surface area contributed by atoms with Crippen molar-refractivity contribution in [2.24, 2.45) is 0 Å². The van der Waals surface area contributed by atoms with Crippen LogP contribution in [0.4, 0.5) is 0 Å². The minimum atomic E-state index is -0.334. The molecular formula is C10H11NO3S. The van der Waals surface area contributed by atoms with Crippen molar-refractivity contribution in [1.29, 1.82) is 0 Å². The number of hydrogen-bond donors (Lipinski definition) is 0. The van der Waals surface area contributed by atoms with Crippen molar-refractivity contribution in [1.82, 2.24) is 4.98 Å². The molecule has 5 heteroatoms. The van der Waals surface area contributed by atoms with E-state index in [4.69, 9.17) is 9.47 Å². The minimum Gasteiger partial charge on any atom is -0.476 e. The van der Waals surface area contributed by atoms with Crippen LogP contribution in [0.15, 0.2) is 17.2 Å². The second-order valence-corrected chi connectivity index (χ2v) is 4.08. The third kappa shape index (κ3) is 2.23. The summed E-state index contributed by atoms with van der Waals surface area (Å²) in [5.74, 6) is 1.17. The number of thioether (sulfide) groups is 1. The Labute approximate surface area is 92.0 Å². The van der Waals surface area contributed by atoms with Gasteiger partial charge in [-0.15, -0.1) is 11.8 Å². The van der Waals surface area contributed by atoms with Crippen molar-refractivity contribution in [3.63, 3.8) is 0 Å². The van der Waals surface area contributed by atoms with Crippen LogP contribution in [0.1, 0.15) is 17.3 Å². The first kappa shape index (κ1) is 10.3. The van der Waals surface area contributed by atoms with E-state index in [1.807, 2.05) is 0 Å². The van der Waals surface area contributed by atoms with E-state index in [0.717, 1.165) is 10.6 Å². The highest BCUT2D eigenvalue weighted by Crippen LogP contribution is 2.31. The van der Waals surface area contributed by atoms with E-state index in [1.165, 1.54) is 6.20 Å². The van der Waals surface area contributed by atoms with Gasteiger partial charge in [0.2, 0.25) is 5.88 Å². The number of ether oxygens (including phenoxy) is 2. The maximum atomic E-state index is 11.4. The Morgan fingerprint density at radius 2 is 2.60 bits per heavy atom. The Balaban J connectivity index is 2.24. The molecule has 1 aliphatic rings. The van der Waals surface area contributed by atoms with E-state index >= 15 is 0 Å². The fraction of sp³-hybridized carbons (Fsp3) is 0.400. The molecule has 1 aromatic rings. The maximum absolute atomic E-state index is 11.4. The number of pyridine rings is 1. The Bertz CT molecular complexity index is 381. The molecule has 0 N–H and O–H groups in total. The van der Waals surface area contributed by atoms with Gasteiger partial charge in [0.05, 0.1) is 23.7 Å². The molecule has 0 atom stereocenters. The summed E-state index contributed by atoms with van der Waals surface area (Å²) in [6.07, 6.45) is 1.49. The van der Waals surface area contributed by atoms with Gasteiger partial charge in [0.15, 0.2) is 0 Å². The molecule has 0 spiro atoms. The number of rotatable bonds is 2. The number of fused-ring (bicyclic) bond motifs is 1. The van der Waals surface area contributed by atoms with E-state index in [2.05, 4.69) is 4.98 Å². The molecular weight excluding hydrogens is 214 g/mol. The second kappa shape index (κ2) is 4.53. The summed E-state index contributed by atoms with van der Waals surface area (Å²) in [7, 11) is 0. The van der Waals surface area contributed by atoms with Gasteiger partial charge in [-0.3, -0.25) is 0 Å². The fourth-order valence-electron chi connectivity index (χ4n) is 1.26. The van der Waals surface area contributed by atoms with Gasteiger partial charge < -0.3 is 9.47 Å². The van der Waals surface area contributed by atoms with Crippen molar-refractivity contribution in [2.45, 2.75) is 11.8 Å². The van der Waals surface area contributed by atoms with Gasteiger partial charge in [-0.25, -0.2) is 9.78 Å². The summed E-state index contributed by atoms with van der Waals surface area (Å²) < 4.78 is 10.2. The summed E-state index contributed by atoms with van der Waals surface area (Å²) in [6.45, 7) is 2.82. The molecule has 0 bridgehead atoms. The normalized spacial score (nSPS) is 13.9. The van der Waals surface area contributed by atoms with Gasteiger partial charge in [0.1, 0.15) is 0 Å². The van der Waals surface area contributed by atoms with Gasteiger partial charge in [0.25, 0.3) is 0 Å². The average molecular weight is 225 g/mol. The van der Waals surface area contributed by atoms with Crippen molar-refractivity contribution >= 4 is 17.7 Å². The van der Waals surface area contributed by atoms with Gasteiger partial charge >= 0.3 is 5.97 Å². The average Bonchev–Trinajstić information content (AvgIpc) is 2.29. The molecule has 0 fully saturated rings. The molecule has 0 aromatic carbocycles. The van der Waals surface area contributed by atoms with Crippen molar-refractivity contribution in [3.8, 4) is 5.88 Å². The first-order valence-corrected chi connectivity index (χ1v) is 5.72. The van der Waals surface area contributed by atoms with Gasteiger partial charge in [-0.05, 0) is 13.0 Å². The molecule has 2 heterocycles. The highest BCUT2D eigenvalue weighted by atomic mass is 32.2. The molecule has 0 amide bonds. The van der Waals surface area contributed by atoms with Crippen LogP contribution in [0, 0.1) is 0 Å². The van der Waals surface area contributed by atoms with Crippen LogP contribution in [0.25, 0.3) is 0 Å². The highest BCUT2D eigenvalue weighted by Gasteiger charge is 2.15. The van der Waals surface area contributed by atoms with E-state index < -0.39 is 0 Å². The predicted octanol–water partition coefficient (Wildman–Crippen LogP) is 1.74. The molecule has 15 heavy (non-hydrogen) atoms. The molecule has 0 saturated carbocycles. The summed E-state index contributed by atoms with van der Waals surface area (Å²) in [6, 6.07) is 1.77. The van der Waals surface area contributed by atoms with E-state index in [-0.39, 0.29) is 5.97 Å². The van der Waals surface area contributed by atoms with Crippen LogP contribution in [0.5, 0.6) is 5.88 Å². The minimum absolute atomic E-state index is 0.334. The number of aromatic nitrogens is 1. The standard InChI is InChI=1S/C10H11NO3S/c1-2-13-10(12)7-5-8-9(11-6-7)14-3-4-15-8/h5-6H,2-4H2,1H3. The third-order valence-corrected chi connectivity index (χ3v) is 2.88. The zero-order valence-electron chi connectivity index (χ0n) is 8.36. The van der Waals surface area contributed by atoms with Gasteiger partial charge in [-0.2, -0.15) is 0 Å². The molecule has 1 aliphatic heterocycles. The zero-order chi connectivity index (χ0) is 10.7. The molecule has 0 unspecified atom stereocenters. The molecule has 0 aliphatic carbocycles. The summed E-state index contributed by atoms with van der Waals surface area (Å²) in [4.78, 5) is 16.4. The Morgan fingerprint density at radius 1 is 1.73 bits per heavy atom. The number of esters is 1. The predicted molar refractivity (Wildman–Crippen MR) is 56.4 cm³/mol. The largest absolute Gasteiger partial charge is 0.476 e. The maximum Gasteiger partial charge on any atom is 0.339 e. The molecule has 4 nitrogen and oxygen atoms in total. The van der Waals surface area contributed by atoms with Crippen LogP contribution < -0.4 is 4.74 Å². The van der Waals surface area contributed by atoms with Gasteiger partial charge in [0, 0.05) is 11.9 Å². The number of hydrogen-bond acceptors (Lipinski definition) is 5. The monoisotopic (exact) mass is 225 g/mol. The Hall–Kier alpha value is -1.23. The van der Waals surface area contributed by atoms with Crippen molar-refractivity contribution < 1.29 is 14.3 Å². The number of carbonyl (C=O) groups is 1. The molecule has 1 aromatic heterocycles. The lowest BCUT2D eigenvalue weighted by Gasteiger charge is -2.15. The van der Waals surface area contributed by atoms with Crippen LogP contribution in [-0.2, 0) is 4.74 Å². The molecule has 0 radical (unpaired) electrons. The van der Waals surface area contributed by atoms with Crippen molar-refractivity contribution in [3.05, 3.63) is 17.8 Å². The van der Waals surface area contributed by atoms with Crippen molar-refractivity contribution in [2.75, 3.05) is 19.0 Å². The zero-order valence-corrected chi connectivity index (χ0v) is 9.17. The number of carbonyl (C=O) groups excluding carboxylic acids is 1. The first-order valence-electron chi connectivity index (χ1n) is 4.74. The lowest BCUT2D eigenvalue weighted by atomic mass is 10.3. The van der Waals surface area contributed by atoms with E-state index in [1.54, 1.807) is 24.8 Å². The topological polar surface area (TPSA) is 48.4 Å². The summed E-state index contributed by atoms with van der Waals surface area (Å²) >= 11 is 1.64. The second-order valence-electron chi connectivity index (χ2n) is 2.94. The molecule has 80 valence electrons. The summed E-state index contributed by atoms with van der Waals surface area (Å²) in [5, 5.41) is 0. The van der Waals surface area contributed by atoms with Gasteiger partial charge in [-0.1, -0.05) is 0 Å². The lowest BCUT2D eigenvalue weighted by molar-refractivity contribution is 0.0525. The third-order valence-electron chi connectivity index (χ3n) is 1.91. The van der Waals surface area contributed by atoms with Crippen LogP contribution in [0.2, 0.25) is 0 Å². The molecule has 2 rings (SSSR count). The SMILES string of the molecule is CCOC(=O)c1cnc2c(c1)SCCO2. The Morgan fingerprint density at radius 3 is 3.40 bits per heavy atom. The summed E-state index contributed by atoms with van der Waals surface area (Å²) in [5.41, 5.74) is 0.480.